The van der Waals surface area contributed by atoms with Crippen molar-refractivity contribution in [2.75, 3.05) is 13.2 Å². The molecule has 0 saturated carbocycles. The maximum absolute atomic E-state index is 14.0. The molecule has 0 aliphatic carbocycles. The number of nitrogens with one attached hydrogen (secondary N) is 1. The van der Waals surface area contributed by atoms with Gasteiger partial charge in [0, 0.05) is 30.3 Å². The third-order valence-electron chi connectivity index (χ3n) is 4.11. The van der Waals surface area contributed by atoms with Crippen molar-refractivity contribution in [1.82, 2.24) is 15.5 Å². The zero-order chi connectivity index (χ0) is 16.2. The average molecular weight is 340 g/mol. The summed E-state index contributed by atoms with van der Waals surface area (Å²) in [4.78, 5) is 4.34. The quantitative estimate of drug-likeness (QED) is 0.904. The molecule has 1 saturated heterocycles. The fourth-order valence-electron chi connectivity index (χ4n) is 2.86. The Balaban J connectivity index is 1.78. The molecular weight excluding hydrogens is 321 g/mol. The highest BCUT2D eigenvalue weighted by Crippen LogP contribution is 2.30. The Labute approximate surface area is 139 Å². The summed E-state index contributed by atoms with van der Waals surface area (Å²) in [5.74, 6) is 1.09. The number of benzene rings is 1. The van der Waals surface area contributed by atoms with Crippen LogP contribution in [0.2, 0.25) is 5.02 Å². The number of hydrogen-bond acceptors (Lipinski definition) is 5. The zero-order valence-electron chi connectivity index (χ0n) is 12.9. The molecule has 0 bridgehead atoms. The van der Waals surface area contributed by atoms with Gasteiger partial charge in [0.1, 0.15) is 5.82 Å². The van der Waals surface area contributed by atoms with Crippen molar-refractivity contribution in [3.63, 3.8) is 0 Å². The van der Waals surface area contributed by atoms with Gasteiger partial charge in [0.05, 0.1) is 6.04 Å². The molecule has 1 aliphatic rings. The topological polar surface area (TPSA) is 60.2 Å². The third-order valence-corrected chi connectivity index (χ3v) is 4.46. The van der Waals surface area contributed by atoms with Gasteiger partial charge in [0.15, 0.2) is 5.82 Å². The van der Waals surface area contributed by atoms with Crippen molar-refractivity contribution in [3.8, 4) is 0 Å². The van der Waals surface area contributed by atoms with E-state index in [1.54, 1.807) is 19.1 Å². The molecular formula is C16H19ClFN3O2. The molecule has 1 aromatic heterocycles. The highest BCUT2D eigenvalue weighted by molar-refractivity contribution is 6.31. The van der Waals surface area contributed by atoms with Gasteiger partial charge < -0.3 is 14.6 Å². The Bertz CT molecular complexity index is 638. The summed E-state index contributed by atoms with van der Waals surface area (Å²) in [6.07, 6.45) is 1.79. The summed E-state index contributed by atoms with van der Waals surface area (Å²) in [5, 5.41) is 7.61. The van der Waals surface area contributed by atoms with Gasteiger partial charge in [-0.2, -0.15) is 4.98 Å². The zero-order valence-corrected chi connectivity index (χ0v) is 13.6. The number of halogens is 2. The van der Waals surface area contributed by atoms with Crippen molar-refractivity contribution in [2.24, 2.45) is 5.92 Å². The Morgan fingerprint density at radius 1 is 1.39 bits per heavy atom. The molecule has 2 heterocycles. The van der Waals surface area contributed by atoms with Crippen LogP contribution >= 0.6 is 11.6 Å². The third kappa shape index (κ3) is 3.88. The lowest BCUT2D eigenvalue weighted by atomic mass is 9.91. The van der Waals surface area contributed by atoms with Gasteiger partial charge in [0.2, 0.25) is 5.89 Å². The Kier molecular flexibility index (Phi) is 5.25. The van der Waals surface area contributed by atoms with E-state index >= 15 is 0 Å². The normalized spacial score (nSPS) is 17.3. The van der Waals surface area contributed by atoms with Crippen molar-refractivity contribution in [2.45, 2.75) is 32.4 Å². The maximum Gasteiger partial charge on any atom is 0.244 e. The van der Waals surface area contributed by atoms with E-state index in [1.165, 1.54) is 6.07 Å². The molecule has 5 nitrogen and oxygen atoms in total. The van der Waals surface area contributed by atoms with Crippen LogP contribution in [0.15, 0.2) is 22.7 Å². The lowest BCUT2D eigenvalue weighted by Crippen LogP contribution is -2.32. The fourth-order valence-corrected chi connectivity index (χ4v) is 3.09. The second-order valence-corrected chi connectivity index (χ2v) is 6.10. The Hall–Kier alpha value is -1.50. The van der Waals surface area contributed by atoms with E-state index in [9.17, 15) is 4.39 Å². The first-order chi connectivity index (χ1) is 11.1. The summed E-state index contributed by atoms with van der Waals surface area (Å²) in [7, 11) is 0. The number of rotatable bonds is 5. The van der Waals surface area contributed by atoms with Crippen LogP contribution in [-0.4, -0.2) is 23.4 Å². The van der Waals surface area contributed by atoms with E-state index in [2.05, 4.69) is 15.5 Å². The molecule has 1 fully saturated rings. The predicted molar refractivity (Wildman–Crippen MR) is 83.6 cm³/mol. The second-order valence-electron chi connectivity index (χ2n) is 5.69. The molecule has 3 rings (SSSR count). The molecule has 1 aliphatic heterocycles. The van der Waals surface area contributed by atoms with Crippen LogP contribution in [0, 0.1) is 18.7 Å². The van der Waals surface area contributed by atoms with Crippen LogP contribution < -0.4 is 5.32 Å². The van der Waals surface area contributed by atoms with Gasteiger partial charge in [-0.15, -0.1) is 0 Å². The predicted octanol–water partition coefficient (Wildman–Crippen LogP) is 3.43. The SMILES string of the molecule is Cc1noc([C@H](NCc2c(F)cccc2Cl)C2CCOCC2)n1. The first-order valence-electron chi connectivity index (χ1n) is 7.69. The highest BCUT2D eigenvalue weighted by atomic mass is 35.5. The summed E-state index contributed by atoms with van der Waals surface area (Å²) in [5.41, 5.74) is 0.447. The smallest absolute Gasteiger partial charge is 0.244 e. The fraction of sp³-hybridized carbons (Fsp3) is 0.500. The molecule has 1 aromatic carbocycles. The Morgan fingerprint density at radius 3 is 2.83 bits per heavy atom. The molecule has 0 unspecified atom stereocenters. The van der Waals surface area contributed by atoms with E-state index in [0.29, 0.717) is 48.0 Å². The largest absolute Gasteiger partial charge is 0.381 e. The van der Waals surface area contributed by atoms with Crippen molar-refractivity contribution < 1.29 is 13.7 Å². The minimum absolute atomic E-state index is 0.143. The van der Waals surface area contributed by atoms with Gasteiger partial charge >= 0.3 is 0 Å². The number of ether oxygens (including phenoxy) is 1. The average Bonchev–Trinajstić information content (AvgIpc) is 2.97. The van der Waals surface area contributed by atoms with E-state index < -0.39 is 0 Å². The summed E-state index contributed by atoms with van der Waals surface area (Å²) >= 11 is 6.10. The van der Waals surface area contributed by atoms with Crippen LogP contribution in [-0.2, 0) is 11.3 Å². The molecule has 1 N–H and O–H groups in total. The first kappa shape index (κ1) is 16.4. The molecule has 124 valence electrons. The molecule has 23 heavy (non-hydrogen) atoms. The van der Waals surface area contributed by atoms with Crippen molar-refractivity contribution >= 4 is 11.6 Å². The lowest BCUT2D eigenvalue weighted by molar-refractivity contribution is 0.0485. The van der Waals surface area contributed by atoms with E-state index in [0.717, 1.165) is 12.8 Å². The second kappa shape index (κ2) is 7.38. The van der Waals surface area contributed by atoms with Crippen molar-refractivity contribution in [1.29, 1.82) is 0 Å². The van der Waals surface area contributed by atoms with Gasteiger partial charge in [-0.05, 0) is 37.8 Å². The van der Waals surface area contributed by atoms with Crippen LogP contribution in [0.5, 0.6) is 0 Å². The molecule has 0 spiro atoms. The van der Waals surface area contributed by atoms with E-state index in [4.69, 9.17) is 20.9 Å². The van der Waals surface area contributed by atoms with Gasteiger partial charge in [0.25, 0.3) is 0 Å². The van der Waals surface area contributed by atoms with Crippen LogP contribution in [0.1, 0.15) is 36.2 Å². The number of nitrogens with zero attached hydrogens (tertiary/aromatic N) is 2. The van der Waals surface area contributed by atoms with Crippen LogP contribution in [0.4, 0.5) is 4.39 Å². The molecule has 0 radical (unpaired) electrons. The minimum Gasteiger partial charge on any atom is -0.381 e. The van der Waals surface area contributed by atoms with E-state index in [-0.39, 0.29) is 11.9 Å². The number of hydrogen-bond donors (Lipinski definition) is 1. The standard InChI is InChI=1S/C16H19ClFN3O2/c1-10-20-16(23-21-10)15(11-5-7-22-8-6-11)19-9-12-13(17)3-2-4-14(12)18/h2-4,11,15,19H,5-9H2,1H3/t15-/m1/s1. The number of aromatic nitrogens is 2. The molecule has 7 heteroatoms. The molecule has 1 atom stereocenters. The van der Waals surface area contributed by atoms with E-state index in [1.807, 2.05) is 0 Å². The van der Waals surface area contributed by atoms with Gasteiger partial charge in [-0.1, -0.05) is 22.8 Å². The first-order valence-corrected chi connectivity index (χ1v) is 8.07. The lowest BCUT2D eigenvalue weighted by Gasteiger charge is -2.28. The molecule has 2 aromatic rings. The number of aryl methyl sites for hydroxylation is 1. The summed E-state index contributed by atoms with van der Waals surface area (Å²) in [6, 6.07) is 4.54. The molecule has 0 amide bonds. The summed E-state index contributed by atoms with van der Waals surface area (Å²) in [6.45, 7) is 3.49. The highest BCUT2D eigenvalue weighted by Gasteiger charge is 2.29. The maximum atomic E-state index is 14.0. The monoisotopic (exact) mass is 339 g/mol. The van der Waals surface area contributed by atoms with Gasteiger partial charge in [-0.25, -0.2) is 4.39 Å². The Morgan fingerprint density at radius 2 is 2.17 bits per heavy atom. The summed E-state index contributed by atoms with van der Waals surface area (Å²) < 4.78 is 24.7. The van der Waals surface area contributed by atoms with Crippen molar-refractivity contribution in [3.05, 3.63) is 46.3 Å². The van der Waals surface area contributed by atoms with Crippen LogP contribution in [0.3, 0.4) is 0 Å². The van der Waals surface area contributed by atoms with Gasteiger partial charge in [-0.3, -0.25) is 0 Å². The minimum atomic E-state index is -0.322. The van der Waals surface area contributed by atoms with Crippen LogP contribution in [0.25, 0.3) is 0 Å².